The van der Waals surface area contributed by atoms with E-state index in [2.05, 4.69) is 31.7 Å². The first kappa shape index (κ1) is 11.8. The Bertz CT molecular complexity index is 747. The van der Waals surface area contributed by atoms with Crippen molar-refractivity contribution < 1.29 is 0 Å². The van der Waals surface area contributed by atoms with Gasteiger partial charge in [0.1, 0.15) is 11.8 Å². The Morgan fingerprint density at radius 3 is 3.20 bits per heavy atom. The van der Waals surface area contributed by atoms with E-state index in [0.29, 0.717) is 6.04 Å². The van der Waals surface area contributed by atoms with Gasteiger partial charge >= 0.3 is 0 Å². The van der Waals surface area contributed by atoms with E-state index in [1.54, 1.807) is 12.5 Å². The van der Waals surface area contributed by atoms with Gasteiger partial charge in [-0.25, -0.2) is 9.97 Å². The Balaban J connectivity index is 1.73. The molecule has 0 bridgehead atoms. The van der Waals surface area contributed by atoms with Gasteiger partial charge < -0.3 is 5.32 Å². The van der Waals surface area contributed by atoms with Crippen LogP contribution in [0.25, 0.3) is 11.0 Å². The van der Waals surface area contributed by atoms with Crippen LogP contribution >= 0.6 is 11.3 Å². The van der Waals surface area contributed by atoms with Crippen molar-refractivity contribution in [3.63, 3.8) is 0 Å². The highest BCUT2D eigenvalue weighted by Gasteiger charge is 2.22. The lowest BCUT2D eigenvalue weighted by Gasteiger charge is -2.24. The first-order valence-corrected chi connectivity index (χ1v) is 7.68. The highest BCUT2D eigenvalue weighted by Crippen LogP contribution is 2.35. The smallest absolute Gasteiger partial charge is 0.156 e. The van der Waals surface area contributed by atoms with E-state index in [1.807, 2.05) is 23.5 Å². The summed E-state index contributed by atoms with van der Waals surface area (Å²) in [5, 5.41) is 5.74. The average molecular weight is 282 g/mol. The number of hydrogen-bond donors (Lipinski definition) is 1. The summed E-state index contributed by atoms with van der Waals surface area (Å²) >= 11 is 1.85. The zero-order valence-electron chi connectivity index (χ0n) is 10.9. The third-order valence-electron chi connectivity index (χ3n) is 3.76. The lowest BCUT2D eigenvalue weighted by molar-refractivity contribution is 0.607. The van der Waals surface area contributed by atoms with Gasteiger partial charge in [0.05, 0.1) is 11.6 Å². The second kappa shape index (κ2) is 4.83. The second-order valence-electron chi connectivity index (χ2n) is 4.98. The number of pyridine rings is 1. The predicted octanol–water partition coefficient (Wildman–Crippen LogP) is 3.58. The van der Waals surface area contributed by atoms with Crippen molar-refractivity contribution in [2.24, 2.45) is 0 Å². The van der Waals surface area contributed by atoms with Crippen molar-refractivity contribution in [3.8, 4) is 0 Å². The van der Waals surface area contributed by atoms with Crippen molar-refractivity contribution in [1.82, 2.24) is 15.0 Å². The summed E-state index contributed by atoms with van der Waals surface area (Å²) in [6.07, 6.45) is 6.95. The van der Waals surface area contributed by atoms with Gasteiger partial charge in [0.2, 0.25) is 0 Å². The van der Waals surface area contributed by atoms with E-state index in [9.17, 15) is 0 Å². The molecule has 100 valence electrons. The van der Waals surface area contributed by atoms with Crippen LogP contribution < -0.4 is 5.32 Å². The van der Waals surface area contributed by atoms with Gasteiger partial charge in [0.15, 0.2) is 5.82 Å². The summed E-state index contributed by atoms with van der Waals surface area (Å²) in [4.78, 5) is 14.5. The molecule has 0 aliphatic heterocycles. The molecule has 0 saturated carbocycles. The van der Waals surface area contributed by atoms with Crippen molar-refractivity contribution in [2.45, 2.75) is 25.3 Å². The largest absolute Gasteiger partial charge is 0.361 e. The molecule has 5 heteroatoms. The minimum Gasteiger partial charge on any atom is -0.361 e. The molecule has 3 aromatic heterocycles. The maximum Gasteiger partial charge on any atom is 0.156 e. The first-order valence-electron chi connectivity index (χ1n) is 6.80. The zero-order chi connectivity index (χ0) is 13.4. The Labute approximate surface area is 120 Å². The molecule has 1 aliphatic rings. The van der Waals surface area contributed by atoms with Gasteiger partial charge in [0.25, 0.3) is 0 Å². The summed E-state index contributed by atoms with van der Waals surface area (Å²) < 4.78 is 0. The summed E-state index contributed by atoms with van der Waals surface area (Å²) in [6.45, 7) is 0. The highest BCUT2D eigenvalue weighted by atomic mass is 32.1. The molecule has 1 unspecified atom stereocenters. The van der Waals surface area contributed by atoms with E-state index < -0.39 is 0 Å². The van der Waals surface area contributed by atoms with Crippen LogP contribution in [0.2, 0.25) is 0 Å². The monoisotopic (exact) mass is 282 g/mol. The Morgan fingerprint density at radius 1 is 1.20 bits per heavy atom. The molecule has 4 rings (SSSR count). The third kappa shape index (κ3) is 1.94. The first-order chi connectivity index (χ1) is 9.92. The molecule has 3 heterocycles. The fraction of sp³-hybridized carbons (Fsp3) is 0.267. The van der Waals surface area contributed by atoms with Crippen molar-refractivity contribution in [2.75, 3.05) is 5.32 Å². The maximum absolute atomic E-state index is 4.41. The summed E-state index contributed by atoms with van der Waals surface area (Å²) in [6, 6.07) is 6.43. The molecule has 20 heavy (non-hydrogen) atoms. The third-order valence-corrected chi connectivity index (χ3v) is 4.75. The molecule has 0 amide bonds. The van der Waals surface area contributed by atoms with Gasteiger partial charge in [-0.1, -0.05) is 0 Å². The second-order valence-corrected chi connectivity index (χ2v) is 5.98. The SMILES string of the molecule is c1cnc2c(NC3CCCc4sccc43)ncnc2c1. The van der Waals surface area contributed by atoms with Crippen molar-refractivity contribution in [3.05, 3.63) is 46.5 Å². The molecule has 1 aliphatic carbocycles. The van der Waals surface area contributed by atoms with Crippen LogP contribution in [0.5, 0.6) is 0 Å². The fourth-order valence-electron chi connectivity index (χ4n) is 2.80. The van der Waals surface area contributed by atoms with Gasteiger partial charge in [-0.3, -0.25) is 4.98 Å². The summed E-state index contributed by atoms with van der Waals surface area (Å²) in [5.74, 6) is 0.833. The van der Waals surface area contributed by atoms with E-state index in [1.165, 1.54) is 23.3 Å². The number of aromatic nitrogens is 3. The number of hydrogen-bond acceptors (Lipinski definition) is 5. The molecule has 0 fully saturated rings. The van der Waals surface area contributed by atoms with Gasteiger partial charge in [-0.2, -0.15) is 0 Å². The molecule has 3 aromatic rings. The van der Waals surface area contributed by atoms with E-state index in [0.717, 1.165) is 23.3 Å². The Hall–Kier alpha value is -2.01. The van der Waals surface area contributed by atoms with Crippen molar-refractivity contribution >= 4 is 28.2 Å². The predicted molar refractivity (Wildman–Crippen MR) is 81.0 cm³/mol. The quantitative estimate of drug-likeness (QED) is 0.780. The zero-order valence-corrected chi connectivity index (χ0v) is 11.7. The molecule has 1 N–H and O–H groups in total. The topological polar surface area (TPSA) is 50.7 Å². The molecule has 0 spiro atoms. The van der Waals surface area contributed by atoms with Gasteiger partial charge in [-0.05, 0) is 48.4 Å². The minimum absolute atomic E-state index is 0.338. The number of anilines is 1. The lowest BCUT2D eigenvalue weighted by Crippen LogP contribution is -2.16. The fourth-order valence-corrected chi connectivity index (χ4v) is 3.79. The van der Waals surface area contributed by atoms with E-state index >= 15 is 0 Å². The minimum atomic E-state index is 0.338. The average Bonchev–Trinajstić information content (AvgIpc) is 2.97. The lowest BCUT2D eigenvalue weighted by atomic mass is 9.94. The molecule has 0 aromatic carbocycles. The Morgan fingerprint density at radius 2 is 2.20 bits per heavy atom. The number of nitrogens with zero attached hydrogens (tertiary/aromatic N) is 3. The normalized spacial score (nSPS) is 17.9. The molecule has 0 radical (unpaired) electrons. The molecule has 1 atom stereocenters. The van der Waals surface area contributed by atoms with Gasteiger partial charge in [0, 0.05) is 11.1 Å². The number of fused-ring (bicyclic) bond motifs is 2. The molecule has 0 saturated heterocycles. The molecular weight excluding hydrogens is 268 g/mol. The van der Waals surface area contributed by atoms with E-state index in [4.69, 9.17) is 0 Å². The van der Waals surface area contributed by atoms with Crippen molar-refractivity contribution in [1.29, 1.82) is 0 Å². The molecular formula is C15H14N4S. The number of nitrogens with one attached hydrogen (secondary N) is 1. The van der Waals surface area contributed by atoms with Crippen LogP contribution in [0.3, 0.4) is 0 Å². The molecule has 4 nitrogen and oxygen atoms in total. The Kier molecular flexibility index (Phi) is 2.85. The summed E-state index contributed by atoms with van der Waals surface area (Å²) in [7, 11) is 0. The standard InChI is InChI=1S/C15H14N4S/c1-3-11(10-6-8-20-13(10)5-1)19-15-14-12(17-9-18-15)4-2-7-16-14/h2,4,6-9,11H,1,3,5H2,(H,17,18,19). The summed E-state index contributed by atoms with van der Waals surface area (Å²) in [5.41, 5.74) is 3.15. The number of rotatable bonds is 2. The van der Waals surface area contributed by atoms with Crippen LogP contribution in [-0.4, -0.2) is 15.0 Å². The van der Waals surface area contributed by atoms with Crippen LogP contribution in [0.1, 0.15) is 29.3 Å². The van der Waals surface area contributed by atoms with Crippen LogP contribution in [-0.2, 0) is 6.42 Å². The number of aryl methyl sites for hydroxylation is 1. The highest BCUT2D eigenvalue weighted by molar-refractivity contribution is 7.10. The van der Waals surface area contributed by atoms with E-state index in [-0.39, 0.29) is 0 Å². The van der Waals surface area contributed by atoms with Gasteiger partial charge in [-0.15, -0.1) is 11.3 Å². The van der Waals surface area contributed by atoms with Crippen LogP contribution in [0.4, 0.5) is 5.82 Å². The van der Waals surface area contributed by atoms with Crippen LogP contribution in [0.15, 0.2) is 36.1 Å². The maximum atomic E-state index is 4.41. The van der Waals surface area contributed by atoms with Crippen LogP contribution in [0, 0.1) is 0 Å². The number of thiophene rings is 1.